The van der Waals surface area contributed by atoms with Crippen LogP contribution in [0.1, 0.15) is 20.8 Å². The summed E-state index contributed by atoms with van der Waals surface area (Å²) < 4.78 is 20.3. The van der Waals surface area contributed by atoms with Gasteiger partial charge in [0.15, 0.2) is 0 Å². The van der Waals surface area contributed by atoms with Crippen molar-refractivity contribution in [3.63, 3.8) is 0 Å². The summed E-state index contributed by atoms with van der Waals surface area (Å²) in [7, 11) is 0. The first-order valence-corrected chi connectivity index (χ1v) is 7.55. The molecule has 0 N–H and O–H groups in total. The molecule has 3 aliphatic heterocycles. The summed E-state index contributed by atoms with van der Waals surface area (Å²) in [6.07, 6.45) is 0. The van der Waals surface area contributed by atoms with Gasteiger partial charge in [0.05, 0.1) is 39.5 Å². The molecule has 8 nitrogen and oxygen atoms in total. The summed E-state index contributed by atoms with van der Waals surface area (Å²) in [6.45, 7) is 8.60. The lowest BCUT2D eigenvalue weighted by Gasteiger charge is -2.13. The van der Waals surface area contributed by atoms with Crippen LogP contribution in [0.4, 0.5) is 0 Å². The van der Waals surface area contributed by atoms with Gasteiger partial charge in [-0.3, -0.25) is 0 Å². The summed E-state index contributed by atoms with van der Waals surface area (Å²) in [5, 5.41) is 0. The molecule has 0 spiro atoms. The number of epoxide rings is 3. The van der Waals surface area contributed by atoms with Crippen LogP contribution in [0.25, 0.3) is 0 Å². The highest BCUT2D eigenvalue weighted by atomic mass is 16.6. The Hall–Kier alpha value is -1.38. The Balaban J connectivity index is 1.74. The monoisotopic (exact) mass is 311 g/mol. The largest absolute Gasteiger partial charge is 0.368 e. The second-order valence-electron chi connectivity index (χ2n) is 7.48. The van der Waals surface area contributed by atoms with E-state index < -0.39 is 5.60 Å². The lowest BCUT2D eigenvalue weighted by molar-refractivity contribution is 0.233. The van der Waals surface area contributed by atoms with Crippen molar-refractivity contribution in [2.75, 3.05) is 19.8 Å². The molecular weight excluding hydrogens is 290 g/mol. The third kappa shape index (κ3) is 2.45. The molecular formula is C14H21N3O5. The molecule has 4 rings (SSSR count). The van der Waals surface area contributed by atoms with E-state index in [-0.39, 0.29) is 29.1 Å². The van der Waals surface area contributed by atoms with E-state index in [4.69, 9.17) is 14.2 Å². The predicted molar refractivity (Wildman–Crippen MR) is 76.0 cm³/mol. The van der Waals surface area contributed by atoms with Gasteiger partial charge in [-0.25, -0.2) is 23.5 Å². The zero-order valence-corrected chi connectivity index (χ0v) is 13.1. The molecule has 122 valence electrons. The van der Waals surface area contributed by atoms with E-state index in [1.165, 1.54) is 13.9 Å². The number of nitrogens with zero attached hydrogens (tertiary/aromatic N) is 3. The summed E-state index contributed by atoms with van der Waals surface area (Å²) in [5.74, 6) is 0. The molecule has 1 aromatic heterocycles. The van der Waals surface area contributed by atoms with E-state index in [1.807, 2.05) is 20.8 Å². The van der Waals surface area contributed by atoms with Crippen molar-refractivity contribution in [2.24, 2.45) is 0 Å². The molecule has 0 radical (unpaired) electrons. The van der Waals surface area contributed by atoms with E-state index in [0.29, 0.717) is 32.9 Å². The molecule has 4 heterocycles. The number of hydrogen-bond donors (Lipinski definition) is 0. The average Bonchev–Trinajstić information content (AvgIpc) is 3.37. The highest BCUT2D eigenvalue weighted by Crippen LogP contribution is 2.30. The molecule has 1 aromatic rings. The Kier molecular flexibility index (Phi) is 2.67. The van der Waals surface area contributed by atoms with Gasteiger partial charge in [-0.15, -0.1) is 0 Å². The van der Waals surface area contributed by atoms with Crippen molar-refractivity contribution in [2.45, 2.75) is 57.2 Å². The lowest BCUT2D eigenvalue weighted by Crippen LogP contribution is -2.35. The van der Waals surface area contributed by atoms with Gasteiger partial charge in [0.1, 0.15) is 16.8 Å². The van der Waals surface area contributed by atoms with Gasteiger partial charge in [0.25, 0.3) is 0 Å². The molecule has 0 aromatic carbocycles. The number of rotatable bonds is 6. The molecule has 3 atom stereocenters. The molecule has 0 amide bonds. The van der Waals surface area contributed by atoms with Crippen molar-refractivity contribution < 1.29 is 14.2 Å². The van der Waals surface area contributed by atoms with Crippen LogP contribution in [0, 0.1) is 0 Å². The summed E-state index contributed by atoms with van der Waals surface area (Å²) >= 11 is 0. The Morgan fingerprint density at radius 1 is 0.773 bits per heavy atom. The van der Waals surface area contributed by atoms with Crippen LogP contribution < -0.4 is 11.4 Å². The highest BCUT2D eigenvalue weighted by Gasteiger charge is 2.46. The predicted octanol–water partition coefficient (Wildman–Crippen LogP) is -0.822. The quantitative estimate of drug-likeness (QED) is 0.641. The van der Waals surface area contributed by atoms with Gasteiger partial charge in [-0.2, -0.15) is 0 Å². The van der Waals surface area contributed by atoms with Crippen molar-refractivity contribution >= 4 is 0 Å². The Morgan fingerprint density at radius 2 is 1.09 bits per heavy atom. The highest BCUT2D eigenvalue weighted by molar-refractivity contribution is 4.94. The van der Waals surface area contributed by atoms with E-state index in [1.54, 1.807) is 0 Å². The van der Waals surface area contributed by atoms with Gasteiger partial charge in [0.2, 0.25) is 0 Å². The Morgan fingerprint density at radius 3 is 1.41 bits per heavy atom. The Labute approximate surface area is 127 Å². The maximum absolute atomic E-state index is 12.7. The zero-order valence-electron chi connectivity index (χ0n) is 13.1. The molecule has 8 heteroatoms. The summed E-state index contributed by atoms with van der Waals surface area (Å²) in [6, 6.07) is 0. The van der Waals surface area contributed by atoms with Crippen molar-refractivity contribution in [3.8, 4) is 0 Å². The molecule has 3 fully saturated rings. The first-order valence-electron chi connectivity index (χ1n) is 7.55. The minimum absolute atomic E-state index is 0.285. The van der Waals surface area contributed by atoms with Gasteiger partial charge >= 0.3 is 11.4 Å². The van der Waals surface area contributed by atoms with Crippen LogP contribution in [0.15, 0.2) is 9.59 Å². The fraction of sp³-hybridized carbons (Fsp3) is 0.857. The topological polar surface area (TPSA) is 86.5 Å². The first-order chi connectivity index (χ1) is 10.2. The third-order valence-electron chi connectivity index (χ3n) is 4.57. The molecule has 3 saturated heterocycles. The van der Waals surface area contributed by atoms with E-state index in [2.05, 4.69) is 0 Å². The molecule has 3 aliphatic rings. The Bertz CT molecular complexity index is 679. The van der Waals surface area contributed by atoms with Crippen molar-refractivity contribution in [1.29, 1.82) is 0 Å². The minimum atomic E-state index is -0.396. The standard InChI is InChI=1S/C14H21N3O5/c1-12(7-20-12)4-15-10(18)16(5-13(2)8-21-13)17(11(15)19)6-14(3)9-22-14/h4-9H2,1-3H3. The molecule has 0 aliphatic carbocycles. The van der Waals surface area contributed by atoms with Crippen LogP contribution in [0.5, 0.6) is 0 Å². The average molecular weight is 311 g/mol. The van der Waals surface area contributed by atoms with Crippen molar-refractivity contribution in [3.05, 3.63) is 21.0 Å². The second-order valence-corrected chi connectivity index (χ2v) is 7.48. The normalized spacial score (nSPS) is 39.0. The molecule has 3 unspecified atom stereocenters. The first kappa shape index (κ1) is 14.2. The summed E-state index contributed by atoms with van der Waals surface area (Å²) in [4.78, 5) is 25.4. The maximum Gasteiger partial charge on any atom is 0.347 e. The third-order valence-corrected chi connectivity index (χ3v) is 4.57. The van der Waals surface area contributed by atoms with Crippen LogP contribution in [-0.2, 0) is 33.8 Å². The molecule has 0 saturated carbocycles. The maximum atomic E-state index is 12.7. The smallest absolute Gasteiger partial charge is 0.347 e. The van der Waals surface area contributed by atoms with Crippen LogP contribution >= 0.6 is 0 Å². The van der Waals surface area contributed by atoms with Gasteiger partial charge < -0.3 is 14.2 Å². The molecule has 0 bridgehead atoms. The number of hydrogen-bond acceptors (Lipinski definition) is 5. The van der Waals surface area contributed by atoms with Gasteiger partial charge in [-0.05, 0) is 20.8 Å². The van der Waals surface area contributed by atoms with E-state index >= 15 is 0 Å². The number of ether oxygens (including phenoxy) is 3. The van der Waals surface area contributed by atoms with Crippen molar-refractivity contribution in [1.82, 2.24) is 13.9 Å². The van der Waals surface area contributed by atoms with E-state index in [0.717, 1.165) is 0 Å². The van der Waals surface area contributed by atoms with Gasteiger partial charge in [0, 0.05) is 0 Å². The van der Waals surface area contributed by atoms with Gasteiger partial charge in [-0.1, -0.05) is 0 Å². The summed E-state index contributed by atoms with van der Waals surface area (Å²) in [5.41, 5.74) is -1.71. The molecule has 22 heavy (non-hydrogen) atoms. The number of aromatic nitrogens is 3. The van der Waals surface area contributed by atoms with Crippen LogP contribution in [0.2, 0.25) is 0 Å². The second kappa shape index (κ2) is 4.12. The zero-order chi connectivity index (χ0) is 15.8. The minimum Gasteiger partial charge on any atom is -0.368 e. The van der Waals surface area contributed by atoms with Crippen LogP contribution in [-0.4, -0.2) is 50.6 Å². The van der Waals surface area contributed by atoms with E-state index in [9.17, 15) is 9.59 Å². The fourth-order valence-corrected chi connectivity index (χ4v) is 2.62. The van der Waals surface area contributed by atoms with Crippen LogP contribution in [0.3, 0.4) is 0 Å². The SMILES string of the molecule is CC1(Cn2c(=O)n(CC3(C)CO3)n(CC3(C)CO3)c2=O)CO1. The lowest BCUT2D eigenvalue weighted by atomic mass is 10.2. The fourth-order valence-electron chi connectivity index (χ4n) is 2.62.